The molecule has 228 valence electrons. The largest absolute Gasteiger partial charge is 0.369 e. The van der Waals surface area contributed by atoms with Crippen LogP contribution in [-0.2, 0) is 9.53 Å². The molecule has 6 aliphatic rings. The second-order valence-electron chi connectivity index (χ2n) is 15.3. The third-order valence-electron chi connectivity index (χ3n) is 13.4. The van der Waals surface area contributed by atoms with Crippen LogP contribution in [0.3, 0.4) is 0 Å². The van der Waals surface area contributed by atoms with Gasteiger partial charge >= 0.3 is 0 Å². The standard InChI is InChI=1S/C37H52N2O3/c1-24-22-37(16-14-29-30-12-11-27-20-28(40)13-15-36(27,3)32(30)21-31(24)29)25(2)35-34(42-37)10-7-18-39(35)19-17-38-23-33(41)26-8-5-4-6-9-26/h4-6,8-9,25,27,29-30,32,34-35,38H,7,10-23H2,1-3H3/t25-,27-,29+,30+,32+,34-,35+,36+,37+/m1/s1. The fourth-order valence-corrected chi connectivity index (χ4v) is 11.1. The van der Waals surface area contributed by atoms with Gasteiger partial charge in [0.25, 0.3) is 0 Å². The number of carbonyl (C=O) groups is 2. The molecule has 0 bridgehead atoms. The molecule has 3 saturated carbocycles. The molecule has 42 heavy (non-hydrogen) atoms. The summed E-state index contributed by atoms with van der Waals surface area (Å²) >= 11 is 0. The Hall–Kier alpha value is -1.82. The highest BCUT2D eigenvalue weighted by atomic mass is 16.5. The first kappa shape index (κ1) is 28.9. The van der Waals surface area contributed by atoms with Crippen molar-refractivity contribution in [3.8, 4) is 0 Å². The highest BCUT2D eigenvalue weighted by Crippen LogP contribution is 2.65. The second kappa shape index (κ2) is 11.3. The molecule has 2 aliphatic heterocycles. The van der Waals surface area contributed by atoms with E-state index in [1.54, 1.807) is 11.1 Å². The number of allylic oxidation sites excluding steroid dienone is 1. The fraction of sp³-hybridized carbons (Fsp3) is 0.730. The van der Waals surface area contributed by atoms with Gasteiger partial charge in [-0.2, -0.15) is 0 Å². The predicted octanol–water partition coefficient (Wildman–Crippen LogP) is 6.62. The van der Waals surface area contributed by atoms with Crippen molar-refractivity contribution in [2.24, 2.45) is 35.0 Å². The van der Waals surface area contributed by atoms with Gasteiger partial charge in [0.2, 0.25) is 0 Å². The van der Waals surface area contributed by atoms with Gasteiger partial charge in [0.1, 0.15) is 5.78 Å². The molecule has 9 atom stereocenters. The molecular formula is C37H52N2O3. The third-order valence-corrected chi connectivity index (χ3v) is 13.4. The number of Topliss-reactive ketones (excluding diaryl/α,β-unsaturated/α-hetero) is 2. The Morgan fingerprint density at radius 1 is 1.10 bits per heavy atom. The quantitative estimate of drug-likeness (QED) is 0.236. The summed E-state index contributed by atoms with van der Waals surface area (Å²) in [6.07, 6.45) is 12.9. The van der Waals surface area contributed by atoms with Crippen molar-refractivity contribution in [2.75, 3.05) is 26.2 Å². The number of nitrogens with one attached hydrogen (secondary N) is 1. The van der Waals surface area contributed by atoms with Crippen molar-refractivity contribution in [1.29, 1.82) is 0 Å². The van der Waals surface area contributed by atoms with Crippen molar-refractivity contribution in [3.63, 3.8) is 0 Å². The number of hydrogen-bond donors (Lipinski definition) is 1. The average molecular weight is 573 g/mol. The van der Waals surface area contributed by atoms with Crippen molar-refractivity contribution in [3.05, 3.63) is 47.0 Å². The topological polar surface area (TPSA) is 58.6 Å². The van der Waals surface area contributed by atoms with Crippen LogP contribution in [0.4, 0.5) is 0 Å². The van der Waals surface area contributed by atoms with E-state index in [2.05, 4.69) is 31.0 Å². The first-order chi connectivity index (χ1) is 20.3. The smallest absolute Gasteiger partial charge is 0.176 e. The Morgan fingerprint density at radius 3 is 2.76 bits per heavy atom. The molecule has 5 nitrogen and oxygen atoms in total. The zero-order valence-electron chi connectivity index (χ0n) is 26.2. The van der Waals surface area contributed by atoms with E-state index in [9.17, 15) is 9.59 Å². The van der Waals surface area contributed by atoms with E-state index in [1.807, 2.05) is 30.3 Å². The SMILES string of the molecule is CC1=C2C[C@H]3[C@@H](CC[C@@H]4CC(=O)CC[C@@]43C)[C@@H]2CC[C@@]2(C1)O[C@@H]1CCCN(CCNCC(=O)c3ccccc3)[C@H]1[C@H]2C. The average Bonchev–Trinajstić information content (AvgIpc) is 3.46. The molecule has 1 N–H and O–H groups in total. The van der Waals surface area contributed by atoms with Gasteiger partial charge in [-0.15, -0.1) is 0 Å². The molecule has 2 saturated heterocycles. The molecular weight excluding hydrogens is 520 g/mol. The summed E-state index contributed by atoms with van der Waals surface area (Å²) < 4.78 is 7.22. The Kier molecular flexibility index (Phi) is 7.76. The molecule has 1 aromatic rings. The van der Waals surface area contributed by atoms with Gasteiger partial charge < -0.3 is 10.1 Å². The second-order valence-corrected chi connectivity index (χ2v) is 15.3. The van der Waals surface area contributed by atoms with E-state index in [0.29, 0.717) is 41.7 Å². The van der Waals surface area contributed by atoms with Crippen molar-refractivity contribution in [1.82, 2.24) is 10.2 Å². The minimum atomic E-state index is -0.0378. The fourth-order valence-electron chi connectivity index (χ4n) is 11.1. The van der Waals surface area contributed by atoms with Gasteiger partial charge in [-0.1, -0.05) is 55.3 Å². The molecule has 0 radical (unpaired) electrons. The Labute approximate surface area is 253 Å². The Bertz CT molecular complexity index is 1230. The summed E-state index contributed by atoms with van der Waals surface area (Å²) in [5, 5.41) is 3.43. The number of benzene rings is 1. The summed E-state index contributed by atoms with van der Waals surface area (Å²) in [5.41, 5.74) is 4.53. The minimum Gasteiger partial charge on any atom is -0.369 e. The van der Waals surface area contributed by atoms with Gasteiger partial charge in [0.15, 0.2) is 5.78 Å². The van der Waals surface area contributed by atoms with Crippen LogP contribution >= 0.6 is 0 Å². The molecule has 7 rings (SSSR count). The Balaban J connectivity index is 1.02. The number of rotatable bonds is 6. The number of hydrogen-bond acceptors (Lipinski definition) is 5. The van der Waals surface area contributed by atoms with Crippen LogP contribution in [0.15, 0.2) is 41.5 Å². The Morgan fingerprint density at radius 2 is 1.93 bits per heavy atom. The maximum Gasteiger partial charge on any atom is 0.176 e. The third kappa shape index (κ3) is 4.86. The summed E-state index contributed by atoms with van der Waals surface area (Å²) in [6, 6.07) is 10.1. The van der Waals surface area contributed by atoms with Crippen LogP contribution in [0, 0.1) is 35.0 Å². The van der Waals surface area contributed by atoms with Crippen molar-refractivity contribution < 1.29 is 14.3 Å². The zero-order valence-corrected chi connectivity index (χ0v) is 26.2. The number of piperidine rings is 1. The summed E-state index contributed by atoms with van der Waals surface area (Å²) in [6.45, 7) is 10.8. The first-order valence-electron chi connectivity index (χ1n) is 17.2. The summed E-state index contributed by atoms with van der Waals surface area (Å²) in [7, 11) is 0. The van der Waals surface area contributed by atoms with Crippen LogP contribution in [0.2, 0.25) is 0 Å². The molecule has 5 fully saturated rings. The lowest BCUT2D eigenvalue weighted by molar-refractivity contribution is -0.129. The molecule has 0 amide bonds. The predicted molar refractivity (Wildman–Crippen MR) is 166 cm³/mol. The maximum atomic E-state index is 12.6. The molecule has 1 spiro atoms. The summed E-state index contributed by atoms with van der Waals surface area (Å²) in [4.78, 5) is 27.6. The lowest BCUT2D eigenvalue weighted by Crippen LogP contribution is -2.51. The molecule has 2 heterocycles. The number of ketones is 2. The first-order valence-corrected chi connectivity index (χ1v) is 17.2. The van der Waals surface area contributed by atoms with Gasteiger partial charge in [-0.25, -0.2) is 0 Å². The van der Waals surface area contributed by atoms with Gasteiger partial charge in [-0.3, -0.25) is 14.5 Å². The lowest BCUT2D eigenvalue weighted by Gasteiger charge is -2.52. The van der Waals surface area contributed by atoms with Gasteiger partial charge in [0.05, 0.1) is 18.2 Å². The normalized spacial score (nSPS) is 41.7. The number of fused-ring (bicyclic) bond motifs is 6. The molecule has 0 unspecified atom stereocenters. The highest BCUT2D eigenvalue weighted by Gasteiger charge is 2.59. The van der Waals surface area contributed by atoms with E-state index in [4.69, 9.17) is 4.74 Å². The van der Waals surface area contributed by atoms with Crippen LogP contribution < -0.4 is 5.32 Å². The van der Waals surface area contributed by atoms with Gasteiger partial charge in [0, 0.05) is 43.5 Å². The molecule has 5 heteroatoms. The molecule has 4 aliphatic carbocycles. The van der Waals surface area contributed by atoms with Crippen LogP contribution in [0.1, 0.15) is 102 Å². The molecule has 1 aromatic carbocycles. The minimum absolute atomic E-state index is 0.0378. The van der Waals surface area contributed by atoms with E-state index < -0.39 is 0 Å². The lowest BCUT2D eigenvalue weighted by atomic mass is 9.52. The van der Waals surface area contributed by atoms with Crippen molar-refractivity contribution in [2.45, 2.75) is 109 Å². The van der Waals surface area contributed by atoms with E-state index in [0.717, 1.165) is 68.6 Å². The molecule has 0 aromatic heterocycles. The monoisotopic (exact) mass is 572 g/mol. The van der Waals surface area contributed by atoms with Crippen LogP contribution in [-0.4, -0.2) is 60.4 Å². The van der Waals surface area contributed by atoms with E-state index >= 15 is 0 Å². The van der Waals surface area contributed by atoms with Gasteiger partial charge in [-0.05, 0) is 100 Å². The maximum absolute atomic E-state index is 12.6. The zero-order chi connectivity index (χ0) is 29.1. The number of carbonyl (C=O) groups excluding carboxylic acids is 2. The number of ether oxygens (including phenoxy) is 1. The van der Waals surface area contributed by atoms with E-state index in [1.165, 1.54) is 44.9 Å². The highest BCUT2D eigenvalue weighted by molar-refractivity contribution is 5.97. The van der Waals surface area contributed by atoms with E-state index in [-0.39, 0.29) is 11.4 Å². The van der Waals surface area contributed by atoms with Crippen LogP contribution in [0.5, 0.6) is 0 Å². The van der Waals surface area contributed by atoms with Crippen LogP contribution in [0.25, 0.3) is 0 Å². The summed E-state index contributed by atoms with van der Waals surface area (Å²) in [5.74, 6) is 4.11. The van der Waals surface area contributed by atoms with Crippen molar-refractivity contribution >= 4 is 11.6 Å². The number of likely N-dealkylation sites (tertiary alicyclic amines) is 1. The number of nitrogens with zero attached hydrogens (tertiary/aromatic N) is 1.